The number of anilines is 1. The second-order valence-electron chi connectivity index (χ2n) is 6.15. The number of hydrogen-bond acceptors (Lipinski definition) is 2. The standard InChI is InChI=1S/C16H21BrFNO/c1-11-8-13(17)14(18)9-15(11)19-12-4-7-20-16(10-12)5-2-3-6-16/h8-9,12,19H,2-7,10H2,1H3. The zero-order valence-corrected chi connectivity index (χ0v) is 13.4. The molecule has 1 saturated carbocycles. The van der Waals surface area contributed by atoms with E-state index in [0.717, 1.165) is 30.7 Å². The van der Waals surface area contributed by atoms with Crippen LogP contribution < -0.4 is 5.32 Å². The summed E-state index contributed by atoms with van der Waals surface area (Å²) < 4.78 is 20.3. The largest absolute Gasteiger partial charge is 0.382 e. The lowest BCUT2D eigenvalue weighted by Gasteiger charge is -2.39. The molecule has 3 rings (SSSR count). The number of ether oxygens (including phenoxy) is 1. The van der Waals surface area contributed by atoms with Crippen molar-refractivity contribution < 1.29 is 9.13 Å². The van der Waals surface area contributed by atoms with Crippen LogP contribution in [0.5, 0.6) is 0 Å². The molecule has 1 atom stereocenters. The minimum absolute atomic E-state index is 0.0950. The lowest BCUT2D eigenvalue weighted by atomic mass is 9.88. The van der Waals surface area contributed by atoms with E-state index in [0.29, 0.717) is 10.5 Å². The molecule has 110 valence electrons. The van der Waals surface area contributed by atoms with Gasteiger partial charge in [-0.05, 0) is 66.2 Å². The number of hydrogen-bond donors (Lipinski definition) is 1. The molecule has 1 aliphatic carbocycles. The third-order valence-electron chi connectivity index (χ3n) is 4.63. The molecule has 0 amide bonds. The molecule has 1 unspecified atom stereocenters. The fraction of sp³-hybridized carbons (Fsp3) is 0.625. The Morgan fingerprint density at radius 2 is 2.10 bits per heavy atom. The third-order valence-corrected chi connectivity index (χ3v) is 5.24. The van der Waals surface area contributed by atoms with Gasteiger partial charge < -0.3 is 10.1 Å². The van der Waals surface area contributed by atoms with Crippen LogP contribution in [-0.2, 0) is 4.74 Å². The Morgan fingerprint density at radius 3 is 2.85 bits per heavy atom. The van der Waals surface area contributed by atoms with Crippen molar-refractivity contribution in [3.63, 3.8) is 0 Å². The van der Waals surface area contributed by atoms with Crippen LogP contribution in [0.15, 0.2) is 16.6 Å². The summed E-state index contributed by atoms with van der Waals surface area (Å²) in [6.07, 6.45) is 6.96. The van der Waals surface area contributed by atoms with Crippen molar-refractivity contribution in [2.45, 2.75) is 57.1 Å². The van der Waals surface area contributed by atoms with Crippen LogP contribution in [0, 0.1) is 12.7 Å². The smallest absolute Gasteiger partial charge is 0.139 e. The average molecular weight is 342 g/mol. The number of halogens is 2. The maximum atomic E-state index is 13.7. The Bertz CT molecular complexity index is 499. The van der Waals surface area contributed by atoms with Gasteiger partial charge in [-0.25, -0.2) is 4.39 Å². The highest BCUT2D eigenvalue weighted by molar-refractivity contribution is 9.10. The van der Waals surface area contributed by atoms with Gasteiger partial charge in [0, 0.05) is 18.3 Å². The van der Waals surface area contributed by atoms with E-state index < -0.39 is 0 Å². The Hall–Kier alpha value is -0.610. The van der Waals surface area contributed by atoms with Crippen LogP contribution in [0.2, 0.25) is 0 Å². The first-order valence-corrected chi connectivity index (χ1v) is 8.23. The van der Waals surface area contributed by atoms with Gasteiger partial charge in [-0.3, -0.25) is 0 Å². The maximum absolute atomic E-state index is 13.7. The van der Waals surface area contributed by atoms with Gasteiger partial charge in [0.05, 0.1) is 10.1 Å². The monoisotopic (exact) mass is 341 g/mol. The summed E-state index contributed by atoms with van der Waals surface area (Å²) in [6, 6.07) is 3.82. The molecule has 1 N–H and O–H groups in total. The van der Waals surface area contributed by atoms with Crippen molar-refractivity contribution in [1.29, 1.82) is 0 Å². The summed E-state index contributed by atoms with van der Waals surface area (Å²) in [5.74, 6) is -0.208. The van der Waals surface area contributed by atoms with Gasteiger partial charge in [0.2, 0.25) is 0 Å². The zero-order chi connectivity index (χ0) is 14.2. The third kappa shape index (κ3) is 2.86. The fourth-order valence-electron chi connectivity index (χ4n) is 3.54. The molecule has 1 saturated heterocycles. The lowest BCUT2D eigenvalue weighted by molar-refractivity contribution is -0.0767. The molecule has 2 nitrogen and oxygen atoms in total. The predicted octanol–water partition coefficient (Wildman–Crippen LogP) is 4.80. The first kappa shape index (κ1) is 14.3. The summed E-state index contributed by atoms with van der Waals surface area (Å²) >= 11 is 3.23. The van der Waals surface area contributed by atoms with Crippen molar-refractivity contribution in [2.75, 3.05) is 11.9 Å². The molecule has 0 radical (unpaired) electrons. The molecule has 2 aliphatic rings. The van der Waals surface area contributed by atoms with Crippen molar-refractivity contribution in [1.82, 2.24) is 0 Å². The van der Waals surface area contributed by atoms with E-state index >= 15 is 0 Å². The molecule has 1 spiro atoms. The molecule has 2 fully saturated rings. The Morgan fingerprint density at radius 1 is 1.35 bits per heavy atom. The zero-order valence-electron chi connectivity index (χ0n) is 11.8. The first-order chi connectivity index (χ1) is 9.58. The van der Waals surface area contributed by atoms with Gasteiger partial charge in [-0.2, -0.15) is 0 Å². The van der Waals surface area contributed by atoms with Gasteiger partial charge in [-0.1, -0.05) is 12.8 Å². The van der Waals surface area contributed by atoms with Gasteiger partial charge in [0.1, 0.15) is 5.82 Å². The minimum Gasteiger partial charge on any atom is -0.382 e. The van der Waals surface area contributed by atoms with Crippen LogP contribution in [0.25, 0.3) is 0 Å². The van der Waals surface area contributed by atoms with Crippen molar-refractivity contribution in [2.24, 2.45) is 0 Å². The van der Waals surface area contributed by atoms with Crippen molar-refractivity contribution in [3.8, 4) is 0 Å². The molecular formula is C16H21BrFNO. The van der Waals surface area contributed by atoms with E-state index in [1.807, 2.05) is 13.0 Å². The van der Waals surface area contributed by atoms with Crippen molar-refractivity contribution >= 4 is 21.6 Å². The maximum Gasteiger partial charge on any atom is 0.139 e. The summed E-state index contributed by atoms with van der Waals surface area (Å²) in [4.78, 5) is 0. The topological polar surface area (TPSA) is 21.3 Å². The van der Waals surface area contributed by atoms with Gasteiger partial charge in [0.25, 0.3) is 0 Å². The second kappa shape index (κ2) is 5.64. The molecule has 4 heteroatoms. The predicted molar refractivity (Wildman–Crippen MR) is 82.6 cm³/mol. The Balaban J connectivity index is 1.73. The lowest BCUT2D eigenvalue weighted by Crippen LogP contribution is -2.42. The highest BCUT2D eigenvalue weighted by Gasteiger charge is 2.39. The number of rotatable bonds is 2. The Kier molecular flexibility index (Phi) is 4.04. The van der Waals surface area contributed by atoms with Gasteiger partial charge in [0.15, 0.2) is 0 Å². The SMILES string of the molecule is Cc1cc(Br)c(F)cc1NC1CCOC2(CCCC2)C1. The summed E-state index contributed by atoms with van der Waals surface area (Å²) in [5.41, 5.74) is 2.08. The van der Waals surface area contributed by atoms with Crippen molar-refractivity contribution in [3.05, 3.63) is 28.0 Å². The van der Waals surface area contributed by atoms with Crippen LogP contribution in [0.3, 0.4) is 0 Å². The number of aryl methyl sites for hydroxylation is 1. The minimum atomic E-state index is -0.208. The van der Waals surface area contributed by atoms with E-state index in [9.17, 15) is 4.39 Å². The van der Waals surface area contributed by atoms with Gasteiger partial charge >= 0.3 is 0 Å². The molecule has 1 heterocycles. The molecule has 1 aliphatic heterocycles. The van der Waals surface area contributed by atoms with E-state index in [-0.39, 0.29) is 11.4 Å². The van der Waals surface area contributed by atoms with Crippen LogP contribution in [0.1, 0.15) is 44.1 Å². The summed E-state index contributed by atoms with van der Waals surface area (Å²) in [6.45, 7) is 2.83. The normalized spacial score (nSPS) is 25.1. The van der Waals surface area contributed by atoms with E-state index in [4.69, 9.17) is 4.74 Å². The van der Waals surface area contributed by atoms with E-state index in [1.165, 1.54) is 25.7 Å². The average Bonchev–Trinajstić information content (AvgIpc) is 2.84. The highest BCUT2D eigenvalue weighted by atomic mass is 79.9. The fourth-order valence-corrected chi connectivity index (χ4v) is 4.00. The quantitative estimate of drug-likeness (QED) is 0.834. The van der Waals surface area contributed by atoms with E-state index in [1.54, 1.807) is 6.07 Å². The number of nitrogens with one attached hydrogen (secondary N) is 1. The molecule has 1 aromatic rings. The van der Waals surface area contributed by atoms with Gasteiger partial charge in [-0.15, -0.1) is 0 Å². The molecule has 20 heavy (non-hydrogen) atoms. The van der Waals surface area contributed by atoms with Crippen LogP contribution in [-0.4, -0.2) is 18.2 Å². The first-order valence-electron chi connectivity index (χ1n) is 7.44. The summed E-state index contributed by atoms with van der Waals surface area (Å²) in [5, 5.41) is 3.53. The van der Waals surface area contributed by atoms with E-state index in [2.05, 4.69) is 21.2 Å². The molecular weight excluding hydrogens is 321 g/mol. The highest BCUT2D eigenvalue weighted by Crippen LogP contribution is 2.40. The molecule has 0 aromatic heterocycles. The van der Waals surface area contributed by atoms with Crippen LogP contribution >= 0.6 is 15.9 Å². The number of benzene rings is 1. The van der Waals surface area contributed by atoms with Crippen LogP contribution in [0.4, 0.5) is 10.1 Å². The molecule has 1 aromatic carbocycles. The Labute approximate surface area is 128 Å². The second-order valence-corrected chi connectivity index (χ2v) is 7.01. The summed E-state index contributed by atoms with van der Waals surface area (Å²) in [7, 11) is 0. The molecule has 0 bridgehead atoms.